The monoisotopic (exact) mass is 309 g/mol. The summed E-state index contributed by atoms with van der Waals surface area (Å²) < 4.78 is 1.04. The Balaban J connectivity index is 1.79. The third-order valence-corrected chi connectivity index (χ3v) is 3.76. The van der Waals surface area contributed by atoms with Gasteiger partial charge in [-0.3, -0.25) is 4.90 Å². The number of hydrogen-bond acceptors (Lipinski definition) is 3. The average Bonchev–Trinajstić information content (AvgIpc) is 2.41. The van der Waals surface area contributed by atoms with Gasteiger partial charge in [-0.2, -0.15) is 0 Å². The smallest absolute Gasteiger partial charge is 0.128 e. The van der Waals surface area contributed by atoms with Gasteiger partial charge in [0.05, 0.1) is 0 Å². The number of unbranched alkanes of at least 4 members (excludes halogenated alkanes) is 1. The zero-order chi connectivity index (χ0) is 12.8. The minimum Gasteiger partial charge on any atom is -0.354 e. The molecule has 0 N–H and O–H groups in total. The second-order valence-electron chi connectivity index (χ2n) is 4.59. The second kappa shape index (κ2) is 6.90. The van der Waals surface area contributed by atoms with Gasteiger partial charge in [-0.1, -0.05) is 6.08 Å². The number of piperazine rings is 1. The third kappa shape index (κ3) is 3.82. The molecule has 0 saturated carbocycles. The molecule has 1 aliphatic heterocycles. The summed E-state index contributed by atoms with van der Waals surface area (Å²) in [4.78, 5) is 9.33. The Bertz CT molecular complexity index is 369. The van der Waals surface area contributed by atoms with Gasteiger partial charge in [0.15, 0.2) is 0 Å². The first-order valence-corrected chi connectivity index (χ1v) is 7.28. The average molecular weight is 310 g/mol. The van der Waals surface area contributed by atoms with E-state index in [-0.39, 0.29) is 0 Å². The van der Waals surface area contributed by atoms with Crippen LogP contribution in [-0.4, -0.2) is 42.6 Å². The van der Waals surface area contributed by atoms with Crippen LogP contribution < -0.4 is 4.90 Å². The molecule has 0 unspecified atom stereocenters. The zero-order valence-electron chi connectivity index (χ0n) is 10.7. The molecule has 1 aromatic rings. The van der Waals surface area contributed by atoms with Gasteiger partial charge in [-0.15, -0.1) is 6.58 Å². The van der Waals surface area contributed by atoms with Crippen molar-refractivity contribution in [1.29, 1.82) is 0 Å². The first kappa shape index (κ1) is 13.6. The maximum atomic E-state index is 4.45. The summed E-state index contributed by atoms with van der Waals surface area (Å²) in [5.41, 5.74) is 0. The Morgan fingerprint density at radius 2 is 2.06 bits per heavy atom. The molecule has 2 rings (SSSR count). The maximum Gasteiger partial charge on any atom is 0.128 e. The van der Waals surface area contributed by atoms with Crippen LogP contribution in [0, 0.1) is 0 Å². The van der Waals surface area contributed by atoms with Crippen LogP contribution in [0.5, 0.6) is 0 Å². The topological polar surface area (TPSA) is 19.4 Å². The molecule has 1 aliphatic rings. The van der Waals surface area contributed by atoms with E-state index in [1.807, 2.05) is 12.3 Å². The summed E-state index contributed by atoms with van der Waals surface area (Å²) in [6.45, 7) is 9.36. The molecular formula is C14H20BrN3. The standard InChI is InChI=1S/C14H20BrN3/c1-2-3-4-7-17-8-10-18(11-9-17)14-6-5-13(15)12-16-14/h2,5-6,12H,1,3-4,7-11H2. The molecule has 1 aromatic heterocycles. The predicted octanol–water partition coefficient (Wildman–Crippen LogP) is 2.93. The van der Waals surface area contributed by atoms with Crippen molar-refractivity contribution in [1.82, 2.24) is 9.88 Å². The molecule has 0 atom stereocenters. The van der Waals surface area contributed by atoms with Crippen LogP contribution in [0.25, 0.3) is 0 Å². The van der Waals surface area contributed by atoms with Crippen molar-refractivity contribution in [3.8, 4) is 0 Å². The molecule has 1 saturated heterocycles. The molecule has 3 nitrogen and oxygen atoms in total. The highest BCUT2D eigenvalue weighted by Gasteiger charge is 2.17. The van der Waals surface area contributed by atoms with E-state index in [2.05, 4.69) is 49.4 Å². The molecule has 4 heteroatoms. The van der Waals surface area contributed by atoms with Crippen LogP contribution >= 0.6 is 15.9 Å². The minimum atomic E-state index is 1.04. The molecule has 1 fully saturated rings. The molecule has 98 valence electrons. The SMILES string of the molecule is C=CCCCN1CCN(c2ccc(Br)cn2)CC1. The summed E-state index contributed by atoms with van der Waals surface area (Å²) >= 11 is 3.42. The number of allylic oxidation sites excluding steroid dienone is 1. The van der Waals surface area contributed by atoms with E-state index < -0.39 is 0 Å². The van der Waals surface area contributed by atoms with Crippen molar-refractivity contribution in [2.45, 2.75) is 12.8 Å². The molecule has 0 radical (unpaired) electrons. The molecule has 0 aromatic carbocycles. The molecule has 0 aliphatic carbocycles. The van der Waals surface area contributed by atoms with Gasteiger partial charge in [0.2, 0.25) is 0 Å². The Morgan fingerprint density at radius 1 is 1.28 bits per heavy atom. The lowest BCUT2D eigenvalue weighted by Crippen LogP contribution is -2.46. The van der Waals surface area contributed by atoms with Crippen molar-refractivity contribution in [2.24, 2.45) is 0 Å². The van der Waals surface area contributed by atoms with E-state index in [0.717, 1.165) is 42.9 Å². The lowest BCUT2D eigenvalue weighted by molar-refractivity contribution is 0.255. The largest absolute Gasteiger partial charge is 0.354 e. The lowest BCUT2D eigenvalue weighted by atomic mass is 10.2. The van der Waals surface area contributed by atoms with Gasteiger partial charge in [0.1, 0.15) is 5.82 Å². The molecule has 0 amide bonds. The number of nitrogens with zero attached hydrogens (tertiary/aromatic N) is 3. The van der Waals surface area contributed by atoms with Gasteiger partial charge in [-0.05, 0) is 47.4 Å². The summed E-state index contributed by atoms with van der Waals surface area (Å²) in [6, 6.07) is 4.14. The fourth-order valence-electron chi connectivity index (χ4n) is 2.21. The third-order valence-electron chi connectivity index (χ3n) is 3.29. The van der Waals surface area contributed by atoms with Crippen LogP contribution in [0.1, 0.15) is 12.8 Å². The summed E-state index contributed by atoms with van der Waals surface area (Å²) in [5, 5.41) is 0. The summed E-state index contributed by atoms with van der Waals surface area (Å²) in [5.74, 6) is 1.09. The summed E-state index contributed by atoms with van der Waals surface area (Å²) in [7, 11) is 0. The molecule has 2 heterocycles. The van der Waals surface area contributed by atoms with E-state index >= 15 is 0 Å². The van der Waals surface area contributed by atoms with E-state index in [0.29, 0.717) is 0 Å². The van der Waals surface area contributed by atoms with Gasteiger partial charge in [0, 0.05) is 36.8 Å². The molecule has 0 spiro atoms. The Labute approximate surface area is 118 Å². The highest BCUT2D eigenvalue weighted by molar-refractivity contribution is 9.10. The van der Waals surface area contributed by atoms with Gasteiger partial charge < -0.3 is 4.90 Å². The van der Waals surface area contributed by atoms with E-state index in [1.54, 1.807) is 0 Å². The van der Waals surface area contributed by atoms with Crippen LogP contribution in [0.3, 0.4) is 0 Å². The summed E-state index contributed by atoms with van der Waals surface area (Å²) in [6.07, 6.45) is 6.21. The van der Waals surface area contributed by atoms with E-state index in [4.69, 9.17) is 0 Å². The molecular weight excluding hydrogens is 290 g/mol. The van der Waals surface area contributed by atoms with Crippen molar-refractivity contribution < 1.29 is 0 Å². The quantitative estimate of drug-likeness (QED) is 0.616. The first-order valence-electron chi connectivity index (χ1n) is 6.49. The fourth-order valence-corrected chi connectivity index (χ4v) is 2.45. The number of hydrogen-bond donors (Lipinski definition) is 0. The van der Waals surface area contributed by atoms with Crippen molar-refractivity contribution in [2.75, 3.05) is 37.6 Å². The number of anilines is 1. The van der Waals surface area contributed by atoms with Crippen molar-refractivity contribution in [3.63, 3.8) is 0 Å². The fraction of sp³-hybridized carbons (Fsp3) is 0.500. The number of aromatic nitrogens is 1. The maximum absolute atomic E-state index is 4.45. The molecule has 0 bridgehead atoms. The Hall–Kier alpha value is -0.870. The van der Waals surface area contributed by atoms with E-state index in [1.165, 1.54) is 13.0 Å². The van der Waals surface area contributed by atoms with Crippen LogP contribution in [-0.2, 0) is 0 Å². The number of halogens is 1. The normalized spacial score (nSPS) is 16.8. The second-order valence-corrected chi connectivity index (χ2v) is 5.51. The van der Waals surface area contributed by atoms with Gasteiger partial charge >= 0.3 is 0 Å². The highest BCUT2D eigenvalue weighted by atomic mass is 79.9. The Kier molecular flexibility index (Phi) is 5.20. The van der Waals surface area contributed by atoms with Crippen LogP contribution in [0.2, 0.25) is 0 Å². The highest BCUT2D eigenvalue weighted by Crippen LogP contribution is 2.16. The van der Waals surface area contributed by atoms with Gasteiger partial charge in [-0.25, -0.2) is 4.98 Å². The zero-order valence-corrected chi connectivity index (χ0v) is 12.3. The number of rotatable bonds is 5. The van der Waals surface area contributed by atoms with Crippen molar-refractivity contribution >= 4 is 21.7 Å². The lowest BCUT2D eigenvalue weighted by Gasteiger charge is -2.35. The van der Waals surface area contributed by atoms with Crippen LogP contribution in [0.4, 0.5) is 5.82 Å². The number of pyridine rings is 1. The van der Waals surface area contributed by atoms with Crippen molar-refractivity contribution in [3.05, 3.63) is 35.5 Å². The Morgan fingerprint density at radius 3 is 2.67 bits per heavy atom. The van der Waals surface area contributed by atoms with Crippen LogP contribution in [0.15, 0.2) is 35.5 Å². The van der Waals surface area contributed by atoms with E-state index in [9.17, 15) is 0 Å². The van der Waals surface area contributed by atoms with Gasteiger partial charge in [0.25, 0.3) is 0 Å². The molecule has 18 heavy (non-hydrogen) atoms. The minimum absolute atomic E-state index is 1.04. The first-order chi connectivity index (χ1) is 8.79. The predicted molar refractivity (Wildman–Crippen MR) is 80.0 cm³/mol.